The molecule has 2 rings (SSSR count). The molecule has 0 aromatic rings. The molecule has 5 heteroatoms. The number of carbonyl (C=O) groups is 1. The number of likely N-dealkylation sites (tertiary alicyclic amines) is 2. The Morgan fingerprint density at radius 3 is 2.42 bits per heavy atom. The summed E-state index contributed by atoms with van der Waals surface area (Å²) in [4.78, 5) is 16.4. The molecule has 0 bridgehead atoms. The lowest BCUT2D eigenvalue weighted by molar-refractivity contribution is 0.0288. The van der Waals surface area contributed by atoms with Gasteiger partial charge >= 0.3 is 6.09 Å². The fourth-order valence-corrected chi connectivity index (χ4v) is 3.22. The van der Waals surface area contributed by atoms with Crippen LogP contribution in [0.25, 0.3) is 0 Å². The largest absolute Gasteiger partial charge is 0.444 e. The Morgan fingerprint density at radius 2 is 1.79 bits per heavy atom. The Balaban J connectivity index is 0.00000139. The van der Waals surface area contributed by atoms with E-state index in [1.54, 1.807) is 0 Å². The van der Waals surface area contributed by atoms with Crippen LogP contribution < -0.4 is 5.32 Å². The van der Waals surface area contributed by atoms with Crippen LogP contribution in [-0.4, -0.2) is 67.3 Å². The Hall–Kier alpha value is -0.810. The summed E-state index contributed by atoms with van der Waals surface area (Å²) in [5.41, 5.74) is -0.401. The zero-order valence-corrected chi connectivity index (χ0v) is 16.6. The highest BCUT2D eigenvalue weighted by Gasteiger charge is 2.29. The van der Waals surface area contributed by atoms with Crippen LogP contribution in [0.3, 0.4) is 0 Å². The molecule has 2 heterocycles. The molecular formula is C19H39N3O2. The molecule has 1 N–H and O–H groups in total. The van der Waals surface area contributed by atoms with Gasteiger partial charge in [-0.1, -0.05) is 20.3 Å². The normalized spacial score (nSPS) is 22.0. The number of piperidine rings is 1. The van der Waals surface area contributed by atoms with Gasteiger partial charge in [0.25, 0.3) is 0 Å². The molecule has 2 aliphatic heterocycles. The van der Waals surface area contributed by atoms with Gasteiger partial charge in [0.05, 0.1) is 0 Å². The third-order valence-corrected chi connectivity index (χ3v) is 4.42. The monoisotopic (exact) mass is 341 g/mol. The molecule has 2 saturated heterocycles. The molecule has 2 fully saturated rings. The first kappa shape index (κ1) is 21.2. The van der Waals surface area contributed by atoms with Crippen LogP contribution in [0, 0.1) is 5.92 Å². The summed E-state index contributed by atoms with van der Waals surface area (Å²) >= 11 is 0. The number of ether oxygens (including phenoxy) is 1. The molecule has 24 heavy (non-hydrogen) atoms. The summed E-state index contributed by atoms with van der Waals surface area (Å²) in [6, 6.07) is 0. The van der Waals surface area contributed by atoms with Crippen molar-refractivity contribution in [2.75, 3.05) is 45.8 Å². The Labute approximate surface area is 149 Å². The highest BCUT2D eigenvalue weighted by Crippen LogP contribution is 2.18. The lowest BCUT2D eigenvalue weighted by Crippen LogP contribution is -2.38. The minimum atomic E-state index is -0.401. The van der Waals surface area contributed by atoms with Crippen LogP contribution in [0.1, 0.15) is 60.3 Å². The quantitative estimate of drug-likeness (QED) is 0.779. The van der Waals surface area contributed by atoms with E-state index >= 15 is 0 Å². The number of hydrogen-bond donors (Lipinski definition) is 1. The highest BCUT2D eigenvalue weighted by atomic mass is 16.6. The SMILES string of the molecule is CC.CC(C)(C)OC(=O)N1CCC(CNCCN2CCCCC2)C1. The minimum absolute atomic E-state index is 0.164. The molecule has 2 aliphatic rings. The van der Waals surface area contributed by atoms with Crippen molar-refractivity contribution in [3.8, 4) is 0 Å². The van der Waals surface area contributed by atoms with E-state index in [0.29, 0.717) is 5.92 Å². The first-order valence-electron chi connectivity index (χ1n) is 9.85. The Kier molecular flexibility index (Phi) is 9.67. The van der Waals surface area contributed by atoms with E-state index in [2.05, 4.69) is 10.2 Å². The molecule has 1 unspecified atom stereocenters. The maximum Gasteiger partial charge on any atom is 0.410 e. The van der Waals surface area contributed by atoms with Crippen molar-refractivity contribution in [3.05, 3.63) is 0 Å². The Morgan fingerprint density at radius 1 is 1.12 bits per heavy atom. The zero-order valence-electron chi connectivity index (χ0n) is 16.6. The van der Waals surface area contributed by atoms with Crippen LogP contribution in [-0.2, 0) is 4.74 Å². The van der Waals surface area contributed by atoms with E-state index < -0.39 is 5.60 Å². The fraction of sp³-hybridized carbons (Fsp3) is 0.947. The predicted molar refractivity (Wildman–Crippen MR) is 100 cm³/mol. The fourth-order valence-electron chi connectivity index (χ4n) is 3.22. The van der Waals surface area contributed by atoms with Gasteiger partial charge in [0.1, 0.15) is 5.60 Å². The lowest BCUT2D eigenvalue weighted by Gasteiger charge is -2.26. The van der Waals surface area contributed by atoms with Crippen molar-refractivity contribution >= 4 is 6.09 Å². The van der Waals surface area contributed by atoms with Crippen molar-refractivity contribution in [2.45, 2.75) is 65.9 Å². The third-order valence-electron chi connectivity index (χ3n) is 4.42. The van der Waals surface area contributed by atoms with E-state index in [9.17, 15) is 4.79 Å². The molecule has 0 aromatic heterocycles. The second-order valence-electron chi connectivity index (χ2n) is 7.69. The summed E-state index contributed by atoms with van der Waals surface area (Å²) in [6.45, 7) is 17.1. The molecule has 0 aliphatic carbocycles. The first-order valence-corrected chi connectivity index (χ1v) is 9.85. The molecule has 0 radical (unpaired) electrons. The molecule has 5 nitrogen and oxygen atoms in total. The average Bonchev–Trinajstić information content (AvgIpc) is 3.02. The van der Waals surface area contributed by atoms with E-state index in [1.807, 2.05) is 39.5 Å². The molecule has 1 amide bonds. The summed E-state index contributed by atoms with van der Waals surface area (Å²) in [5, 5.41) is 3.56. The van der Waals surface area contributed by atoms with E-state index in [0.717, 1.165) is 39.1 Å². The molecule has 0 aromatic carbocycles. The smallest absolute Gasteiger partial charge is 0.410 e. The predicted octanol–water partition coefficient (Wildman–Crippen LogP) is 3.35. The van der Waals surface area contributed by atoms with Crippen LogP contribution in [0.15, 0.2) is 0 Å². The zero-order chi connectivity index (χ0) is 18.0. The van der Waals surface area contributed by atoms with Crippen molar-refractivity contribution in [1.82, 2.24) is 15.1 Å². The number of amides is 1. The first-order chi connectivity index (χ1) is 11.4. The minimum Gasteiger partial charge on any atom is -0.444 e. The van der Waals surface area contributed by atoms with Gasteiger partial charge in [0.15, 0.2) is 0 Å². The molecule has 0 spiro atoms. The van der Waals surface area contributed by atoms with Crippen LogP contribution in [0.5, 0.6) is 0 Å². The maximum atomic E-state index is 12.0. The van der Waals surface area contributed by atoms with Crippen molar-refractivity contribution in [1.29, 1.82) is 0 Å². The second-order valence-corrected chi connectivity index (χ2v) is 7.69. The van der Waals surface area contributed by atoms with Gasteiger partial charge in [-0.2, -0.15) is 0 Å². The van der Waals surface area contributed by atoms with E-state index in [4.69, 9.17) is 4.74 Å². The van der Waals surface area contributed by atoms with Crippen molar-refractivity contribution in [3.63, 3.8) is 0 Å². The van der Waals surface area contributed by atoms with Gasteiger partial charge in [-0.25, -0.2) is 4.79 Å². The molecule has 0 saturated carbocycles. The average molecular weight is 342 g/mol. The summed E-state index contributed by atoms with van der Waals surface area (Å²) in [7, 11) is 0. The van der Waals surface area contributed by atoms with Gasteiger partial charge in [0.2, 0.25) is 0 Å². The lowest BCUT2D eigenvalue weighted by atomic mass is 10.1. The third kappa shape index (κ3) is 8.34. The van der Waals surface area contributed by atoms with Gasteiger partial charge < -0.3 is 19.9 Å². The van der Waals surface area contributed by atoms with Gasteiger partial charge in [-0.05, 0) is 65.6 Å². The standard InChI is InChI=1S/C17H33N3O2.C2H6/c1-17(2,3)22-16(21)20-11-7-15(14-20)13-18-8-12-19-9-5-4-6-10-19;1-2/h15,18H,4-14H2,1-3H3;1-2H3. The van der Waals surface area contributed by atoms with Gasteiger partial charge in [0, 0.05) is 26.2 Å². The Bertz CT molecular complexity index is 349. The summed E-state index contributed by atoms with van der Waals surface area (Å²) in [5.74, 6) is 0.564. The summed E-state index contributed by atoms with van der Waals surface area (Å²) < 4.78 is 5.43. The topological polar surface area (TPSA) is 44.8 Å². The molecular weight excluding hydrogens is 302 g/mol. The number of nitrogens with one attached hydrogen (secondary N) is 1. The second kappa shape index (κ2) is 10.9. The maximum absolute atomic E-state index is 12.0. The number of hydrogen-bond acceptors (Lipinski definition) is 4. The molecule has 142 valence electrons. The van der Waals surface area contributed by atoms with Gasteiger partial charge in [-0.15, -0.1) is 0 Å². The highest BCUT2D eigenvalue weighted by molar-refractivity contribution is 5.68. The van der Waals surface area contributed by atoms with Crippen molar-refractivity contribution < 1.29 is 9.53 Å². The number of nitrogens with zero attached hydrogens (tertiary/aromatic N) is 2. The number of carbonyl (C=O) groups excluding carboxylic acids is 1. The summed E-state index contributed by atoms with van der Waals surface area (Å²) in [6.07, 6.45) is 5.02. The van der Waals surface area contributed by atoms with Crippen molar-refractivity contribution in [2.24, 2.45) is 5.92 Å². The van der Waals surface area contributed by atoms with Gasteiger partial charge in [-0.3, -0.25) is 0 Å². The van der Waals surface area contributed by atoms with Crippen LogP contribution in [0.2, 0.25) is 0 Å². The molecule has 1 atom stereocenters. The number of rotatable bonds is 5. The van der Waals surface area contributed by atoms with Crippen LogP contribution in [0.4, 0.5) is 4.79 Å². The van der Waals surface area contributed by atoms with E-state index in [1.165, 1.54) is 32.4 Å². The van der Waals surface area contributed by atoms with Crippen LogP contribution >= 0.6 is 0 Å². The van der Waals surface area contributed by atoms with E-state index in [-0.39, 0.29) is 6.09 Å².